The molecule has 3 aromatic heterocycles. The molecule has 64 heavy (non-hydrogen) atoms. The van der Waals surface area contributed by atoms with E-state index in [1.807, 2.05) is 6.07 Å². The van der Waals surface area contributed by atoms with Gasteiger partial charge in [0.2, 0.25) is 0 Å². The molecule has 12 rings (SSSR count). The summed E-state index contributed by atoms with van der Waals surface area (Å²) in [5.41, 5.74) is 15.9. The lowest BCUT2D eigenvalue weighted by molar-refractivity contribution is 1.12. The van der Waals surface area contributed by atoms with Gasteiger partial charge in [-0.3, -0.25) is 0 Å². The van der Waals surface area contributed by atoms with Gasteiger partial charge >= 0.3 is 0 Å². The number of fused-ring (bicyclic) bond motifs is 6. The smallest absolute Gasteiger partial charge is 0.160 e. The number of hydrogen-bond acceptors (Lipinski definition) is 2. The first-order chi connectivity index (χ1) is 31.7. The Hall–Kier alpha value is -8.60. The summed E-state index contributed by atoms with van der Waals surface area (Å²) in [6.07, 6.45) is 4.30. The van der Waals surface area contributed by atoms with Gasteiger partial charge in [0.1, 0.15) is 0 Å². The maximum absolute atomic E-state index is 5.44. The van der Waals surface area contributed by atoms with Crippen LogP contribution in [0.5, 0.6) is 0 Å². The molecule has 9 aromatic carbocycles. The van der Waals surface area contributed by atoms with Crippen LogP contribution in [0.4, 0.5) is 0 Å². The molecule has 0 radical (unpaired) electrons. The number of nitrogens with zero attached hydrogens (tertiary/aromatic N) is 4. The molecule has 300 valence electrons. The van der Waals surface area contributed by atoms with E-state index < -0.39 is 0 Å². The topological polar surface area (TPSA) is 35.6 Å². The first-order valence-corrected chi connectivity index (χ1v) is 21.7. The molecule has 0 spiro atoms. The Morgan fingerprint density at radius 3 is 1.11 bits per heavy atom. The van der Waals surface area contributed by atoms with Crippen LogP contribution in [0.25, 0.3) is 112 Å². The Balaban J connectivity index is 1.08. The fourth-order valence-corrected chi connectivity index (χ4v) is 9.24. The van der Waals surface area contributed by atoms with Crippen molar-refractivity contribution in [3.63, 3.8) is 0 Å². The minimum absolute atomic E-state index is 0.650. The van der Waals surface area contributed by atoms with Crippen molar-refractivity contribution in [3.05, 3.63) is 242 Å². The molecule has 0 unspecified atom stereocenters. The van der Waals surface area contributed by atoms with Crippen molar-refractivity contribution in [1.29, 1.82) is 0 Å². The third kappa shape index (κ3) is 6.66. The molecule has 0 bridgehead atoms. The van der Waals surface area contributed by atoms with Crippen molar-refractivity contribution in [3.8, 4) is 56.4 Å². The van der Waals surface area contributed by atoms with Crippen LogP contribution in [0.1, 0.15) is 11.1 Å². The lowest BCUT2D eigenvalue weighted by Crippen LogP contribution is -2.02. The van der Waals surface area contributed by atoms with Crippen molar-refractivity contribution < 1.29 is 0 Å². The Morgan fingerprint density at radius 1 is 0.281 bits per heavy atom. The van der Waals surface area contributed by atoms with Crippen LogP contribution in [0, 0.1) is 0 Å². The van der Waals surface area contributed by atoms with Gasteiger partial charge in [-0.25, -0.2) is 9.97 Å². The molecular weight excluding hydrogens is 777 g/mol. The molecule has 0 N–H and O–H groups in total. The van der Waals surface area contributed by atoms with E-state index in [4.69, 9.17) is 9.97 Å². The zero-order valence-corrected chi connectivity index (χ0v) is 34.9. The average molecular weight is 817 g/mol. The molecule has 0 aliphatic carbocycles. The molecule has 0 fully saturated rings. The summed E-state index contributed by atoms with van der Waals surface area (Å²) in [5.74, 6) is 0.650. The van der Waals surface area contributed by atoms with E-state index in [0.29, 0.717) is 5.82 Å². The number of benzene rings is 9. The number of aromatic nitrogens is 4. The highest BCUT2D eigenvalue weighted by Crippen LogP contribution is 2.38. The Morgan fingerprint density at radius 2 is 0.641 bits per heavy atom. The van der Waals surface area contributed by atoms with Crippen molar-refractivity contribution in [1.82, 2.24) is 19.1 Å². The molecule has 4 nitrogen and oxygen atoms in total. The van der Waals surface area contributed by atoms with Gasteiger partial charge in [0.05, 0.1) is 33.5 Å². The summed E-state index contributed by atoms with van der Waals surface area (Å²) in [7, 11) is 0. The largest absolute Gasteiger partial charge is 0.309 e. The molecule has 0 aliphatic heterocycles. The monoisotopic (exact) mass is 816 g/mol. The van der Waals surface area contributed by atoms with Gasteiger partial charge in [0.25, 0.3) is 0 Å². The predicted octanol–water partition coefficient (Wildman–Crippen LogP) is 15.5. The van der Waals surface area contributed by atoms with E-state index in [9.17, 15) is 0 Å². The highest BCUT2D eigenvalue weighted by Gasteiger charge is 2.19. The van der Waals surface area contributed by atoms with Gasteiger partial charge in [-0.1, -0.05) is 194 Å². The maximum Gasteiger partial charge on any atom is 0.160 e. The van der Waals surface area contributed by atoms with Gasteiger partial charge < -0.3 is 9.13 Å². The molecule has 0 saturated heterocycles. The molecule has 0 aliphatic rings. The maximum atomic E-state index is 5.44. The van der Waals surface area contributed by atoms with E-state index in [1.165, 1.54) is 32.7 Å². The van der Waals surface area contributed by atoms with Crippen molar-refractivity contribution in [2.45, 2.75) is 0 Å². The highest BCUT2D eigenvalue weighted by molar-refractivity contribution is 6.10. The second-order valence-electron chi connectivity index (χ2n) is 16.2. The van der Waals surface area contributed by atoms with Gasteiger partial charge in [-0.2, -0.15) is 0 Å². The summed E-state index contributed by atoms with van der Waals surface area (Å²) in [6.45, 7) is 0. The van der Waals surface area contributed by atoms with Crippen LogP contribution < -0.4 is 0 Å². The molecule has 12 aromatic rings. The van der Waals surface area contributed by atoms with Crippen LogP contribution in [0.2, 0.25) is 0 Å². The Labute approximate surface area is 371 Å². The minimum atomic E-state index is 0.650. The quantitative estimate of drug-likeness (QED) is 0.143. The second kappa shape index (κ2) is 15.7. The van der Waals surface area contributed by atoms with Crippen LogP contribution in [0.15, 0.2) is 231 Å². The molecule has 0 atom stereocenters. The van der Waals surface area contributed by atoms with Crippen molar-refractivity contribution in [2.24, 2.45) is 0 Å². The summed E-state index contributed by atoms with van der Waals surface area (Å²) >= 11 is 0. The summed E-state index contributed by atoms with van der Waals surface area (Å²) in [4.78, 5) is 10.9. The van der Waals surface area contributed by atoms with Gasteiger partial charge in [-0.15, -0.1) is 0 Å². The summed E-state index contributed by atoms with van der Waals surface area (Å²) < 4.78 is 4.78. The molecule has 3 heterocycles. The van der Waals surface area contributed by atoms with Crippen molar-refractivity contribution >= 4 is 55.8 Å². The second-order valence-corrected chi connectivity index (χ2v) is 16.2. The Kier molecular flexibility index (Phi) is 9.12. The molecular formula is C60H40N4. The van der Waals surface area contributed by atoms with E-state index in [1.54, 1.807) is 0 Å². The number of hydrogen-bond donors (Lipinski definition) is 0. The number of para-hydroxylation sites is 4. The zero-order valence-electron chi connectivity index (χ0n) is 34.9. The van der Waals surface area contributed by atoms with Crippen LogP contribution in [-0.2, 0) is 0 Å². The predicted molar refractivity (Wildman–Crippen MR) is 268 cm³/mol. The molecule has 0 amide bonds. The van der Waals surface area contributed by atoms with E-state index in [2.05, 4.69) is 246 Å². The molecule has 0 saturated carbocycles. The van der Waals surface area contributed by atoms with Crippen LogP contribution in [0.3, 0.4) is 0 Å². The Bertz CT molecular complexity index is 3450. The van der Waals surface area contributed by atoms with Gasteiger partial charge in [0, 0.05) is 49.6 Å². The summed E-state index contributed by atoms with van der Waals surface area (Å²) in [5, 5.41) is 4.85. The SMILES string of the molecule is C(=Cc1ccc(-c2cc(-c3ccc(-c4ccccc4)cc3)nc(-c3cc(-n4c5ccccc5c5ccccc54)cc(-n4c5ccccc5c5ccccc54)c3)n2)cc1)c1ccccc1. The van der Waals surface area contributed by atoms with Gasteiger partial charge in [0.15, 0.2) is 5.82 Å². The van der Waals surface area contributed by atoms with Crippen LogP contribution in [-0.4, -0.2) is 19.1 Å². The van der Waals surface area contributed by atoms with Crippen molar-refractivity contribution in [2.75, 3.05) is 0 Å². The fraction of sp³-hybridized carbons (Fsp3) is 0. The average Bonchev–Trinajstić information content (AvgIpc) is 3.89. The first-order valence-electron chi connectivity index (χ1n) is 21.7. The number of rotatable bonds is 8. The van der Waals surface area contributed by atoms with E-state index in [-0.39, 0.29) is 0 Å². The van der Waals surface area contributed by atoms with E-state index in [0.717, 1.165) is 72.6 Å². The lowest BCUT2D eigenvalue weighted by atomic mass is 10.0. The van der Waals surface area contributed by atoms with E-state index >= 15 is 0 Å². The normalized spacial score (nSPS) is 11.7. The highest BCUT2D eigenvalue weighted by atomic mass is 15.0. The standard InChI is InChI=1S/C60H40N4/c1-3-15-41(16-4-1)27-28-42-29-31-45(32-30-42)54-40-55(46-35-33-44(34-36-46)43-17-5-2-6-18-43)62-60(61-54)47-37-48(63-56-23-11-7-19-50(56)51-20-8-12-24-57(51)63)39-49(38-47)64-58-25-13-9-21-52(58)53-22-10-14-26-59(53)64/h1-40H. The fourth-order valence-electron chi connectivity index (χ4n) is 9.24. The first kappa shape index (κ1) is 37.2. The third-order valence-corrected chi connectivity index (χ3v) is 12.3. The minimum Gasteiger partial charge on any atom is -0.309 e. The lowest BCUT2D eigenvalue weighted by Gasteiger charge is -2.16. The zero-order chi connectivity index (χ0) is 42.4. The van der Waals surface area contributed by atoms with Crippen LogP contribution >= 0.6 is 0 Å². The summed E-state index contributed by atoms with van der Waals surface area (Å²) in [6, 6.07) is 82.0. The molecule has 4 heteroatoms. The third-order valence-electron chi connectivity index (χ3n) is 12.3. The van der Waals surface area contributed by atoms with Gasteiger partial charge in [-0.05, 0) is 70.8 Å².